The van der Waals surface area contributed by atoms with Crippen molar-refractivity contribution in [3.63, 3.8) is 0 Å². The van der Waals surface area contributed by atoms with Crippen LogP contribution >= 0.6 is 0 Å². The first-order valence-corrected chi connectivity index (χ1v) is 15.5. The van der Waals surface area contributed by atoms with E-state index in [1.54, 1.807) is 77.7 Å². The van der Waals surface area contributed by atoms with E-state index in [2.05, 4.69) is 31.2 Å². The lowest BCUT2D eigenvalue weighted by Crippen LogP contribution is -2.41. The van der Waals surface area contributed by atoms with Crippen LogP contribution in [0.3, 0.4) is 0 Å². The smallest absolute Gasteiger partial charge is 0.272 e. The molecule has 14 nitrogen and oxygen atoms in total. The Morgan fingerprint density at radius 3 is 1.81 bits per heavy atom. The SMILES string of the molecule is Cn1cc(NC(=O)c2cc(NC(=O)c3cc(NC(=O)c4cnc5ccccc5c4)cn3C)cn2C)cc1C(=O)NCCN1CCOCC1. The zero-order valence-corrected chi connectivity index (χ0v) is 26.9. The van der Waals surface area contributed by atoms with Gasteiger partial charge in [-0.25, -0.2) is 0 Å². The van der Waals surface area contributed by atoms with Gasteiger partial charge in [0.2, 0.25) is 0 Å². The predicted molar refractivity (Wildman–Crippen MR) is 181 cm³/mol. The average Bonchev–Trinajstić information content (AvgIpc) is 3.76. The van der Waals surface area contributed by atoms with Gasteiger partial charge in [-0.15, -0.1) is 0 Å². The fourth-order valence-electron chi connectivity index (χ4n) is 5.61. The molecule has 0 aliphatic carbocycles. The highest BCUT2D eigenvalue weighted by atomic mass is 16.5. The van der Waals surface area contributed by atoms with Crippen LogP contribution < -0.4 is 21.3 Å². The third-order valence-corrected chi connectivity index (χ3v) is 8.16. The maximum absolute atomic E-state index is 13.2. The van der Waals surface area contributed by atoms with Gasteiger partial charge < -0.3 is 39.7 Å². The second kappa shape index (κ2) is 13.9. The number of nitrogens with zero attached hydrogens (tertiary/aromatic N) is 5. The summed E-state index contributed by atoms with van der Waals surface area (Å²) in [6, 6.07) is 14.0. The van der Waals surface area contributed by atoms with Gasteiger partial charge in [-0.05, 0) is 30.3 Å². The Balaban J connectivity index is 1.05. The van der Waals surface area contributed by atoms with Gasteiger partial charge in [0, 0.05) is 77.5 Å². The number of fused-ring (bicyclic) bond motifs is 1. The Labute approximate surface area is 276 Å². The van der Waals surface area contributed by atoms with Gasteiger partial charge in [0.05, 0.1) is 41.4 Å². The number of para-hydroxylation sites is 1. The van der Waals surface area contributed by atoms with E-state index in [1.807, 2.05) is 24.3 Å². The normalized spacial score (nSPS) is 13.3. The maximum atomic E-state index is 13.2. The molecule has 4 N–H and O–H groups in total. The lowest BCUT2D eigenvalue weighted by molar-refractivity contribution is 0.0383. The fraction of sp³-hybridized carbons (Fsp3) is 0.265. The van der Waals surface area contributed by atoms with Crippen LogP contribution in [-0.4, -0.2) is 86.6 Å². The number of ether oxygens (including phenoxy) is 1. The summed E-state index contributed by atoms with van der Waals surface area (Å²) in [6.07, 6.45) is 6.45. The highest BCUT2D eigenvalue weighted by Gasteiger charge is 2.19. The number of hydrogen-bond acceptors (Lipinski definition) is 7. The first-order valence-electron chi connectivity index (χ1n) is 15.5. The molecular formula is C34H37N9O5. The van der Waals surface area contributed by atoms with Crippen molar-refractivity contribution in [2.24, 2.45) is 21.1 Å². The quantitative estimate of drug-likeness (QED) is 0.181. The molecule has 0 atom stereocenters. The van der Waals surface area contributed by atoms with Crippen LogP contribution in [0.15, 0.2) is 73.3 Å². The van der Waals surface area contributed by atoms with Crippen molar-refractivity contribution in [3.8, 4) is 0 Å². The number of hydrogen-bond donors (Lipinski definition) is 4. The topological polar surface area (TPSA) is 157 Å². The summed E-state index contributed by atoms with van der Waals surface area (Å²) in [7, 11) is 5.13. The number of pyridine rings is 1. The van der Waals surface area contributed by atoms with Gasteiger partial charge in [-0.3, -0.25) is 29.1 Å². The largest absolute Gasteiger partial charge is 0.379 e. The number of rotatable bonds is 10. The van der Waals surface area contributed by atoms with Crippen LogP contribution in [0.25, 0.3) is 10.9 Å². The van der Waals surface area contributed by atoms with Crippen LogP contribution in [0.5, 0.6) is 0 Å². The van der Waals surface area contributed by atoms with E-state index in [1.165, 1.54) is 6.20 Å². The summed E-state index contributed by atoms with van der Waals surface area (Å²) in [5.74, 6) is -1.41. The van der Waals surface area contributed by atoms with E-state index in [9.17, 15) is 19.2 Å². The first-order chi connectivity index (χ1) is 23.1. The summed E-state index contributed by atoms with van der Waals surface area (Å²) in [5, 5.41) is 12.3. The number of anilines is 3. The van der Waals surface area contributed by atoms with Gasteiger partial charge in [-0.2, -0.15) is 0 Å². The number of nitrogens with one attached hydrogen (secondary N) is 4. The second-order valence-electron chi connectivity index (χ2n) is 11.7. The summed E-state index contributed by atoms with van der Waals surface area (Å²) in [4.78, 5) is 58.6. The molecule has 1 aliphatic heterocycles. The number of aryl methyl sites for hydroxylation is 3. The van der Waals surface area contributed by atoms with Gasteiger partial charge in [0.15, 0.2) is 0 Å². The van der Waals surface area contributed by atoms with Crippen LogP contribution in [0.4, 0.5) is 17.1 Å². The number of morpholine rings is 1. The van der Waals surface area contributed by atoms with Gasteiger partial charge in [0.25, 0.3) is 23.6 Å². The Kier molecular flexibility index (Phi) is 9.36. The number of amides is 4. The molecule has 4 amide bonds. The molecule has 0 radical (unpaired) electrons. The van der Waals surface area contributed by atoms with Crippen LogP contribution in [-0.2, 0) is 25.9 Å². The third kappa shape index (κ3) is 7.29. The van der Waals surface area contributed by atoms with Gasteiger partial charge in [-0.1, -0.05) is 18.2 Å². The van der Waals surface area contributed by atoms with Crippen molar-refractivity contribution in [2.45, 2.75) is 0 Å². The summed E-state index contributed by atoms with van der Waals surface area (Å²) in [6.45, 7) is 4.33. The minimum atomic E-state index is -0.421. The standard InChI is InChI=1S/C34H37N9O5/c1-40-20-25(15-28(40)32(45)35-8-9-43-10-12-48-13-11-43)38-34(47)30-17-26(21-42(30)3)39-33(46)29-16-24(19-41(29)2)37-31(44)23-14-22-6-4-5-7-27(22)36-18-23/h4-7,14-21H,8-13H2,1-3H3,(H,35,45)(H,37,44)(H,38,47)(H,39,46). The zero-order valence-electron chi connectivity index (χ0n) is 26.9. The molecule has 0 saturated carbocycles. The number of carbonyl (C=O) groups excluding carboxylic acids is 4. The molecule has 0 spiro atoms. The highest BCUT2D eigenvalue weighted by Crippen LogP contribution is 2.21. The van der Waals surface area contributed by atoms with Crippen LogP contribution in [0.1, 0.15) is 41.8 Å². The van der Waals surface area contributed by atoms with E-state index in [4.69, 9.17) is 4.74 Å². The molecule has 1 aliphatic rings. The van der Waals surface area contributed by atoms with Crippen molar-refractivity contribution in [2.75, 3.05) is 55.3 Å². The van der Waals surface area contributed by atoms with Crippen molar-refractivity contribution in [1.82, 2.24) is 28.9 Å². The number of benzene rings is 1. The lowest BCUT2D eigenvalue weighted by atomic mass is 10.1. The zero-order chi connectivity index (χ0) is 33.8. The van der Waals surface area contributed by atoms with E-state index < -0.39 is 11.8 Å². The van der Waals surface area contributed by atoms with Crippen molar-refractivity contribution in [1.29, 1.82) is 0 Å². The minimum Gasteiger partial charge on any atom is -0.379 e. The fourth-order valence-corrected chi connectivity index (χ4v) is 5.61. The number of aromatic nitrogens is 4. The van der Waals surface area contributed by atoms with E-state index in [-0.39, 0.29) is 11.8 Å². The van der Waals surface area contributed by atoms with E-state index >= 15 is 0 Å². The third-order valence-electron chi connectivity index (χ3n) is 8.16. The van der Waals surface area contributed by atoms with E-state index in [0.717, 1.165) is 30.5 Å². The summed E-state index contributed by atoms with van der Waals surface area (Å²) < 4.78 is 10.2. The van der Waals surface area contributed by atoms with Gasteiger partial charge in [0.1, 0.15) is 17.1 Å². The summed E-state index contributed by atoms with van der Waals surface area (Å²) in [5.41, 5.74) is 3.53. The molecule has 0 bridgehead atoms. The molecule has 48 heavy (non-hydrogen) atoms. The average molecular weight is 652 g/mol. The Morgan fingerprint density at radius 2 is 1.23 bits per heavy atom. The van der Waals surface area contributed by atoms with Crippen molar-refractivity contribution < 1.29 is 23.9 Å². The van der Waals surface area contributed by atoms with Crippen molar-refractivity contribution >= 4 is 51.6 Å². The molecular weight excluding hydrogens is 614 g/mol. The Morgan fingerprint density at radius 1 is 0.708 bits per heavy atom. The van der Waals surface area contributed by atoms with Gasteiger partial charge >= 0.3 is 0 Å². The molecule has 5 heterocycles. The monoisotopic (exact) mass is 651 g/mol. The van der Waals surface area contributed by atoms with E-state index in [0.29, 0.717) is 59.5 Å². The molecule has 6 rings (SSSR count). The molecule has 5 aromatic rings. The van der Waals surface area contributed by atoms with Crippen LogP contribution in [0.2, 0.25) is 0 Å². The highest BCUT2D eigenvalue weighted by molar-refractivity contribution is 6.09. The van der Waals surface area contributed by atoms with Crippen molar-refractivity contribution in [3.05, 3.63) is 96.0 Å². The molecule has 1 fully saturated rings. The lowest BCUT2D eigenvalue weighted by Gasteiger charge is -2.26. The molecule has 1 aromatic carbocycles. The Bertz CT molecular complexity index is 2000. The number of carbonyl (C=O) groups is 4. The Hall–Kier alpha value is -5.73. The second-order valence-corrected chi connectivity index (χ2v) is 11.7. The van der Waals surface area contributed by atoms with Crippen LogP contribution in [0, 0.1) is 0 Å². The molecule has 4 aromatic heterocycles. The maximum Gasteiger partial charge on any atom is 0.272 e. The predicted octanol–water partition coefficient (Wildman–Crippen LogP) is 3.07. The molecule has 248 valence electrons. The first kappa shape index (κ1) is 32.2. The molecule has 1 saturated heterocycles. The minimum absolute atomic E-state index is 0.232. The molecule has 14 heteroatoms. The summed E-state index contributed by atoms with van der Waals surface area (Å²) >= 11 is 0. The molecule has 0 unspecified atom stereocenters.